The largest absolute Gasteiger partial charge is 0.496 e. The van der Waals surface area contributed by atoms with Crippen LogP contribution in [-0.2, 0) is 16.8 Å². The lowest BCUT2D eigenvalue weighted by atomic mass is 9.84. The minimum atomic E-state index is -0.698. The minimum Gasteiger partial charge on any atom is -0.496 e. The molecular formula is C23H20O4. The predicted molar refractivity (Wildman–Crippen MR) is 103 cm³/mol. The van der Waals surface area contributed by atoms with Gasteiger partial charge in [-0.1, -0.05) is 30.3 Å². The van der Waals surface area contributed by atoms with Gasteiger partial charge in [0.15, 0.2) is 5.60 Å². The molecule has 1 aliphatic carbocycles. The lowest BCUT2D eigenvalue weighted by molar-refractivity contribution is 0.0116. The summed E-state index contributed by atoms with van der Waals surface area (Å²) in [6.45, 7) is 2.11. The van der Waals surface area contributed by atoms with E-state index >= 15 is 0 Å². The zero-order valence-electron chi connectivity index (χ0n) is 15.6. The van der Waals surface area contributed by atoms with Crippen LogP contribution >= 0.6 is 0 Å². The lowest BCUT2D eigenvalue weighted by Gasteiger charge is -2.25. The highest BCUT2D eigenvalue weighted by Gasteiger charge is 2.51. The fraction of sp³-hybridized carbons (Fsp3) is 0.261. The molecule has 0 unspecified atom stereocenters. The van der Waals surface area contributed by atoms with Crippen LogP contribution in [0.3, 0.4) is 0 Å². The maximum atomic E-state index is 13.1. The molecule has 3 aromatic carbocycles. The van der Waals surface area contributed by atoms with E-state index in [0.29, 0.717) is 17.1 Å². The highest BCUT2D eigenvalue weighted by Crippen LogP contribution is 2.53. The number of methoxy groups -OCH3 is 2. The zero-order valence-corrected chi connectivity index (χ0v) is 15.6. The third kappa shape index (κ3) is 1.95. The fourth-order valence-corrected chi connectivity index (χ4v) is 4.78. The maximum absolute atomic E-state index is 13.1. The topological polar surface area (TPSA) is 44.8 Å². The first kappa shape index (κ1) is 16.2. The molecule has 0 fully saturated rings. The van der Waals surface area contributed by atoms with Crippen molar-refractivity contribution in [3.05, 3.63) is 70.3 Å². The summed E-state index contributed by atoms with van der Waals surface area (Å²) in [6, 6.07) is 14.0. The maximum Gasteiger partial charge on any atom is 0.340 e. The number of fused-ring (bicyclic) bond motifs is 6. The van der Waals surface area contributed by atoms with Crippen LogP contribution in [0.5, 0.6) is 11.5 Å². The van der Waals surface area contributed by atoms with Crippen molar-refractivity contribution < 1.29 is 19.0 Å². The summed E-state index contributed by atoms with van der Waals surface area (Å²) in [6.07, 6.45) is 1.67. The third-order valence-electron chi connectivity index (χ3n) is 6.02. The van der Waals surface area contributed by atoms with E-state index in [1.807, 2.05) is 30.3 Å². The van der Waals surface area contributed by atoms with Gasteiger partial charge in [0.25, 0.3) is 0 Å². The Balaban J connectivity index is 1.86. The van der Waals surface area contributed by atoms with Crippen molar-refractivity contribution in [3.8, 4) is 11.5 Å². The summed E-state index contributed by atoms with van der Waals surface area (Å²) in [4.78, 5) is 13.1. The third-order valence-corrected chi connectivity index (χ3v) is 6.02. The monoisotopic (exact) mass is 360 g/mol. The quantitative estimate of drug-likeness (QED) is 0.630. The molecule has 0 aromatic heterocycles. The number of esters is 1. The van der Waals surface area contributed by atoms with Crippen LogP contribution in [-0.4, -0.2) is 20.2 Å². The SMILES string of the molecule is COc1ccc(OC)c2c3c(ccc12)[C@]1(CCc2c(C)cccc21)OC3=O. The van der Waals surface area contributed by atoms with Crippen LogP contribution in [0.25, 0.3) is 10.8 Å². The molecule has 0 N–H and O–H groups in total. The summed E-state index contributed by atoms with van der Waals surface area (Å²) >= 11 is 0. The van der Waals surface area contributed by atoms with Crippen molar-refractivity contribution >= 4 is 16.7 Å². The van der Waals surface area contributed by atoms with E-state index in [-0.39, 0.29) is 5.97 Å². The van der Waals surface area contributed by atoms with Gasteiger partial charge in [-0.15, -0.1) is 0 Å². The molecule has 0 radical (unpaired) electrons. The Hall–Kier alpha value is -3.01. The van der Waals surface area contributed by atoms with Crippen LogP contribution in [0.1, 0.15) is 39.0 Å². The second-order valence-corrected chi connectivity index (χ2v) is 7.20. The average molecular weight is 360 g/mol. The molecule has 0 saturated heterocycles. The second-order valence-electron chi connectivity index (χ2n) is 7.20. The first-order valence-electron chi connectivity index (χ1n) is 9.11. The molecule has 1 heterocycles. The molecule has 0 saturated carbocycles. The van der Waals surface area contributed by atoms with Crippen molar-refractivity contribution in [2.45, 2.75) is 25.4 Å². The Kier molecular flexibility index (Phi) is 3.29. The number of carbonyl (C=O) groups excluding carboxylic acids is 1. The molecular weight excluding hydrogens is 340 g/mol. The van der Waals surface area contributed by atoms with Crippen LogP contribution in [0.2, 0.25) is 0 Å². The van der Waals surface area contributed by atoms with Gasteiger partial charge in [0.1, 0.15) is 11.5 Å². The first-order chi connectivity index (χ1) is 13.1. The molecule has 136 valence electrons. The number of hydrogen-bond acceptors (Lipinski definition) is 4. The van der Waals surface area contributed by atoms with Crippen LogP contribution in [0, 0.1) is 6.92 Å². The molecule has 1 aliphatic heterocycles. The van der Waals surface area contributed by atoms with E-state index in [9.17, 15) is 4.79 Å². The van der Waals surface area contributed by atoms with E-state index in [4.69, 9.17) is 14.2 Å². The van der Waals surface area contributed by atoms with Gasteiger partial charge in [0, 0.05) is 21.9 Å². The van der Waals surface area contributed by atoms with E-state index in [0.717, 1.165) is 34.7 Å². The number of carbonyl (C=O) groups is 1. The van der Waals surface area contributed by atoms with Crippen molar-refractivity contribution in [2.24, 2.45) is 0 Å². The molecule has 27 heavy (non-hydrogen) atoms. The molecule has 4 nitrogen and oxygen atoms in total. The van der Waals surface area contributed by atoms with Gasteiger partial charge >= 0.3 is 5.97 Å². The van der Waals surface area contributed by atoms with Gasteiger partial charge < -0.3 is 14.2 Å². The molecule has 5 rings (SSSR count). The number of rotatable bonds is 2. The second kappa shape index (κ2) is 5.49. The Morgan fingerprint density at radius 1 is 0.963 bits per heavy atom. The fourth-order valence-electron chi connectivity index (χ4n) is 4.78. The van der Waals surface area contributed by atoms with E-state index in [1.165, 1.54) is 11.1 Å². The highest BCUT2D eigenvalue weighted by atomic mass is 16.6. The standard InChI is InChI=1S/C23H20O4/c1-13-5-4-6-16-14(13)11-12-23(16)17-8-7-15-18(25-2)9-10-19(26-3)20(15)21(17)22(24)27-23/h4-10H,11-12H2,1-3H3/t23-/m1/s1. The Morgan fingerprint density at radius 2 is 1.74 bits per heavy atom. The minimum absolute atomic E-state index is 0.295. The molecule has 2 aliphatic rings. The van der Waals surface area contributed by atoms with Crippen LogP contribution < -0.4 is 9.47 Å². The predicted octanol–water partition coefficient (Wildman–Crippen LogP) is 4.53. The van der Waals surface area contributed by atoms with Gasteiger partial charge in [-0.2, -0.15) is 0 Å². The number of hydrogen-bond donors (Lipinski definition) is 0. The summed E-state index contributed by atoms with van der Waals surface area (Å²) in [5.74, 6) is 1.07. The first-order valence-corrected chi connectivity index (χ1v) is 9.11. The molecule has 1 atom stereocenters. The van der Waals surface area contributed by atoms with E-state index in [1.54, 1.807) is 14.2 Å². The summed E-state index contributed by atoms with van der Waals surface area (Å²) in [5, 5.41) is 1.62. The normalized spacial score (nSPS) is 19.9. The zero-order chi connectivity index (χ0) is 18.8. The summed E-state index contributed by atoms with van der Waals surface area (Å²) in [5.41, 5.74) is 4.46. The molecule has 4 heteroatoms. The van der Waals surface area contributed by atoms with Crippen molar-refractivity contribution in [3.63, 3.8) is 0 Å². The smallest absolute Gasteiger partial charge is 0.340 e. The van der Waals surface area contributed by atoms with Crippen molar-refractivity contribution in [2.75, 3.05) is 14.2 Å². The molecule has 3 aromatic rings. The van der Waals surface area contributed by atoms with Gasteiger partial charge in [-0.3, -0.25) is 0 Å². The van der Waals surface area contributed by atoms with Gasteiger partial charge in [0.2, 0.25) is 0 Å². The molecule has 0 bridgehead atoms. The summed E-state index contributed by atoms with van der Waals surface area (Å²) < 4.78 is 17.2. The van der Waals surface area contributed by atoms with E-state index < -0.39 is 5.60 Å². The molecule has 0 amide bonds. The van der Waals surface area contributed by atoms with Crippen molar-refractivity contribution in [1.82, 2.24) is 0 Å². The van der Waals surface area contributed by atoms with Gasteiger partial charge in [0.05, 0.1) is 19.8 Å². The summed E-state index contributed by atoms with van der Waals surface area (Å²) in [7, 11) is 3.25. The number of ether oxygens (including phenoxy) is 3. The van der Waals surface area contributed by atoms with Gasteiger partial charge in [-0.05, 0) is 43.0 Å². The number of aryl methyl sites for hydroxylation is 1. The Bertz CT molecular complexity index is 1120. The Labute approximate surface area is 157 Å². The number of benzene rings is 3. The molecule has 1 spiro atoms. The van der Waals surface area contributed by atoms with Gasteiger partial charge in [-0.25, -0.2) is 4.79 Å². The van der Waals surface area contributed by atoms with Crippen LogP contribution in [0.15, 0.2) is 42.5 Å². The van der Waals surface area contributed by atoms with Crippen LogP contribution in [0.4, 0.5) is 0 Å². The highest BCUT2D eigenvalue weighted by molar-refractivity contribution is 6.12. The average Bonchev–Trinajstić information content (AvgIpc) is 3.20. The van der Waals surface area contributed by atoms with E-state index in [2.05, 4.69) is 19.1 Å². The van der Waals surface area contributed by atoms with Crippen molar-refractivity contribution in [1.29, 1.82) is 0 Å². The lowest BCUT2D eigenvalue weighted by Crippen LogP contribution is -2.24. The Morgan fingerprint density at radius 3 is 2.52 bits per heavy atom.